The summed E-state index contributed by atoms with van der Waals surface area (Å²) in [5.74, 6) is -3.94. The predicted molar refractivity (Wildman–Crippen MR) is 59.2 cm³/mol. The van der Waals surface area contributed by atoms with Gasteiger partial charge in [-0.2, -0.15) is 0 Å². The van der Waals surface area contributed by atoms with E-state index in [2.05, 4.69) is 5.16 Å². The molecule has 0 saturated heterocycles. The lowest BCUT2D eigenvalue weighted by molar-refractivity contribution is 0.0678. The van der Waals surface area contributed by atoms with Crippen LogP contribution in [-0.4, -0.2) is 37.5 Å². The first-order valence-electron chi connectivity index (χ1n) is 4.90. The molecule has 4 N–H and O–H groups in total. The van der Waals surface area contributed by atoms with Gasteiger partial charge in [0.25, 0.3) is 0 Å². The van der Waals surface area contributed by atoms with Crippen LogP contribution in [0.15, 0.2) is 22.7 Å². The second-order valence-electron chi connectivity index (χ2n) is 3.57. The fourth-order valence-corrected chi connectivity index (χ4v) is 1.45. The molecule has 0 bridgehead atoms. The molecule has 0 amide bonds. The molecule has 0 radical (unpaired) electrons. The van der Waals surface area contributed by atoms with Crippen molar-refractivity contribution < 1.29 is 34.5 Å². The van der Waals surface area contributed by atoms with E-state index in [9.17, 15) is 19.8 Å². The number of hydrogen-bond donors (Lipinski definition) is 4. The predicted octanol–water partition coefficient (Wildman–Crippen LogP) is 1.15. The smallest absolute Gasteiger partial charge is 0.358 e. The lowest BCUT2D eigenvalue weighted by Gasteiger charge is -2.04. The number of aromatic carboxylic acids is 2. The minimum absolute atomic E-state index is 0.0878. The molecule has 0 aliphatic carbocycles. The van der Waals surface area contributed by atoms with E-state index in [1.807, 2.05) is 0 Å². The van der Waals surface area contributed by atoms with Crippen molar-refractivity contribution in [3.8, 4) is 22.8 Å². The number of nitrogens with zero attached hydrogens (tertiary/aromatic N) is 1. The number of phenols is 2. The summed E-state index contributed by atoms with van der Waals surface area (Å²) < 4.78 is 4.70. The van der Waals surface area contributed by atoms with Gasteiger partial charge in [-0.25, -0.2) is 9.59 Å². The molecule has 1 aromatic carbocycles. The third kappa shape index (κ3) is 2.18. The van der Waals surface area contributed by atoms with E-state index in [0.29, 0.717) is 0 Å². The van der Waals surface area contributed by atoms with Crippen molar-refractivity contribution in [1.82, 2.24) is 5.16 Å². The van der Waals surface area contributed by atoms with Gasteiger partial charge in [-0.1, -0.05) is 5.16 Å². The number of carbonyl (C=O) groups is 2. The van der Waals surface area contributed by atoms with Crippen molar-refractivity contribution in [2.24, 2.45) is 0 Å². The van der Waals surface area contributed by atoms with Gasteiger partial charge in [0.15, 0.2) is 11.5 Å². The number of aromatic nitrogens is 1. The highest BCUT2D eigenvalue weighted by Crippen LogP contribution is 2.35. The Morgan fingerprint density at radius 2 is 1.68 bits per heavy atom. The zero-order valence-electron chi connectivity index (χ0n) is 9.19. The van der Waals surface area contributed by atoms with E-state index in [0.717, 1.165) is 18.2 Å². The first-order valence-corrected chi connectivity index (χ1v) is 4.90. The van der Waals surface area contributed by atoms with Crippen LogP contribution in [0.1, 0.15) is 20.8 Å². The summed E-state index contributed by atoms with van der Waals surface area (Å²) in [4.78, 5) is 21.5. The van der Waals surface area contributed by atoms with E-state index in [4.69, 9.17) is 14.7 Å². The Bertz CT molecular complexity index is 674. The van der Waals surface area contributed by atoms with E-state index >= 15 is 0 Å². The van der Waals surface area contributed by atoms with Crippen LogP contribution in [-0.2, 0) is 0 Å². The van der Waals surface area contributed by atoms with Gasteiger partial charge in [0, 0.05) is 12.1 Å². The number of rotatable bonds is 3. The van der Waals surface area contributed by atoms with Gasteiger partial charge >= 0.3 is 11.9 Å². The molecular formula is C11H7NO7. The monoisotopic (exact) mass is 265 g/mol. The van der Waals surface area contributed by atoms with Crippen LogP contribution in [0, 0.1) is 0 Å². The minimum atomic E-state index is -1.41. The van der Waals surface area contributed by atoms with Crippen LogP contribution in [0.4, 0.5) is 0 Å². The number of aromatic hydroxyl groups is 2. The van der Waals surface area contributed by atoms with Gasteiger partial charge < -0.3 is 24.9 Å². The summed E-state index contributed by atoms with van der Waals surface area (Å²) >= 11 is 0. The molecule has 1 aromatic heterocycles. The fraction of sp³-hybridized carbons (Fsp3) is 0. The van der Waals surface area contributed by atoms with Crippen LogP contribution >= 0.6 is 0 Å². The summed E-state index contributed by atoms with van der Waals surface area (Å²) in [5, 5.41) is 39.7. The molecule has 19 heavy (non-hydrogen) atoms. The van der Waals surface area contributed by atoms with Crippen molar-refractivity contribution in [1.29, 1.82) is 0 Å². The quantitative estimate of drug-likeness (QED) is 0.647. The summed E-state index contributed by atoms with van der Waals surface area (Å²) in [6, 6.07) is 2.81. The molecule has 0 spiro atoms. The van der Waals surface area contributed by atoms with E-state index < -0.39 is 29.0 Å². The summed E-state index contributed by atoms with van der Waals surface area (Å²) in [7, 11) is 0. The Labute approximate surface area is 105 Å². The van der Waals surface area contributed by atoms with Crippen molar-refractivity contribution in [3.05, 3.63) is 29.5 Å². The van der Waals surface area contributed by atoms with Gasteiger partial charge in [-0.15, -0.1) is 0 Å². The second-order valence-corrected chi connectivity index (χ2v) is 3.57. The Kier molecular flexibility index (Phi) is 2.83. The second kappa shape index (κ2) is 4.33. The van der Waals surface area contributed by atoms with Crippen LogP contribution in [0.25, 0.3) is 11.3 Å². The molecule has 0 saturated carbocycles. The number of phenolic OH excluding ortho intramolecular Hbond substituents is 1. The summed E-state index contributed by atoms with van der Waals surface area (Å²) in [5.41, 5.74) is -0.935. The first-order chi connectivity index (χ1) is 8.90. The number of benzene rings is 1. The van der Waals surface area contributed by atoms with E-state index in [1.54, 1.807) is 0 Å². The average Bonchev–Trinajstić information content (AvgIpc) is 2.77. The molecule has 0 aliphatic rings. The van der Waals surface area contributed by atoms with Gasteiger partial charge in [0.05, 0.1) is 5.56 Å². The van der Waals surface area contributed by atoms with Crippen molar-refractivity contribution in [2.45, 2.75) is 0 Å². The van der Waals surface area contributed by atoms with E-state index in [1.165, 1.54) is 0 Å². The molecule has 8 nitrogen and oxygen atoms in total. The molecule has 2 rings (SSSR count). The minimum Gasteiger partial charge on any atom is -0.507 e. The lowest BCUT2D eigenvalue weighted by atomic mass is 10.1. The van der Waals surface area contributed by atoms with Crippen LogP contribution < -0.4 is 0 Å². The molecule has 1 heterocycles. The van der Waals surface area contributed by atoms with Crippen molar-refractivity contribution in [2.75, 3.05) is 0 Å². The van der Waals surface area contributed by atoms with Gasteiger partial charge in [0.1, 0.15) is 17.1 Å². The topological polar surface area (TPSA) is 141 Å². The molecule has 8 heteroatoms. The average molecular weight is 265 g/mol. The lowest BCUT2D eigenvalue weighted by Crippen LogP contribution is -1.97. The Balaban J connectivity index is 2.57. The fourth-order valence-electron chi connectivity index (χ4n) is 1.45. The molecular weight excluding hydrogens is 258 g/mol. The largest absolute Gasteiger partial charge is 0.507 e. The molecule has 0 unspecified atom stereocenters. The highest BCUT2D eigenvalue weighted by atomic mass is 16.5. The van der Waals surface area contributed by atoms with Crippen LogP contribution in [0.2, 0.25) is 0 Å². The van der Waals surface area contributed by atoms with Crippen LogP contribution in [0.5, 0.6) is 11.5 Å². The Morgan fingerprint density at radius 1 is 1.00 bits per heavy atom. The zero-order chi connectivity index (χ0) is 14.2. The third-order valence-corrected chi connectivity index (χ3v) is 2.34. The summed E-state index contributed by atoms with van der Waals surface area (Å²) in [6.45, 7) is 0. The highest BCUT2D eigenvalue weighted by molar-refractivity contribution is 5.93. The normalized spacial score (nSPS) is 10.3. The molecule has 0 fully saturated rings. The Morgan fingerprint density at radius 3 is 2.21 bits per heavy atom. The summed E-state index contributed by atoms with van der Waals surface area (Å²) in [6.07, 6.45) is 0. The molecule has 2 aromatic rings. The number of hydrogen-bond acceptors (Lipinski definition) is 6. The first kappa shape index (κ1) is 12.4. The number of carboxylic acid groups (broad SMARTS) is 2. The maximum atomic E-state index is 10.8. The van der Waals surface area contributed by atoms with Crippen LogP contribution in [0.3, 0.4) is 0 Å². The van der Waals surface area contributed by atoms with Gasteiger partial charge in [-0.3, -0.25) is 0 Å². The standard InChI is InChI=1S/C11H7NO7/c13-7-3-8(14)5(10(15)16)1-4(7)9-2-6(11(17)18)12-19-9/h1-3,13-14H,(H,15,16)(H,17,18). The zero-order valence-corrected chi connectivity index (χ0v) is 9.19. The maximum absolute atomic E-state index is 10.8. The third-order valence-electron chi connectivity index (χ3n) is 2.34. The van der Waals surface area contributed by atoms with E-state index in [-0.39, 0.29) is 17.0 Å². The molecule has 0 atom stereocenters. The molecule has 0 aliphatic heterocycles. The van der Waals surface area contributed by atoms with Gasteiger partial charge in [-0.05, 0) is 6.07 Å². The maximum Gasteiger partial charge on any atom is 0.358 e. The van der Waals surface area contributed by atoms with Gasteiger partial charge in [0.2, 0.25) is 0 Å². The molecule has 98 valence electrons. The number of carboxylic acids is 2. The Hall–Kier alpha value is -3.03. The highest BCUT2D eigenvalue weighted by Gasteiger charge is 2.19. The van der Waals surface area contributed by atoms with Crippen molar-refractivity contribution >= 4 is 11.9 Å². The van der Waals surface area contributed by atoms with Crippen molar-refractivity contribution in [3.63, 3.8) is 0 Å². The SMILES string of the molecule is O=C(O)c1cc(-c2cc(C(=O)O)c(O)cc2O)on1.